The van der Waals surface area contributed by atoms with Gasteiger partial charge in [0.05, 0.1) is 45.8 Å². The Labute approximate surface area is 353 Å². The maximum atomic E-state index is 11.5. The van der Waals surface area contributed by atoms with Gasteiger partial charge in [0.1, 0.15) is 0 Å². The van der Waals surface area contributed by atoms with Crippen LogP contribution in [-0.4, -0.2) is 43.0 Å². The zero-order valence-electron chi connectivity index (χ0n) is 30.4. The molecule has 11 heteroatoms. The smallest absolute Gasteiger partial charge is 0.337 e. The molecule has 0 atom stereocenters. The summed E-state index contributed by atoms with van der Waals surface area (Å²) in [5.74, 6) is -0.333. The van der Waals surface area contributed by atoms with Crippen LogP contribution in [0.5, 0.6) is 0 Å². The summed E-state index contributed by atoms with van der Waals surface area (Å²) >= 11 is 0. The van der Waals surface area contributed by atoms with Gasteiger partial charge in [-0.3, -0.25) is 29.9 Å². The number of hydrogen-bond donors (Lipinski definition) is 0. The molecule has 0 bridgehead atoms. The normalized spacial score (nSPS) is 10.5. The predicted molar refractivity (Wildman–Crippen MR) is 218 cm³/mol. The van der Waals surface area contributed by atoms with E-state index in [2.05, 4.69) is 90.6 Å². The van der Waals surface area contributed by atoms with E-state index >= 15 is 0 Å². The van der Waals surface area contributed by atoms with E-state index in [-0.39, 0.29) is 50.3 Å². The van der Waals surface area contributed by atoms with Crippen LogP contribution in [0.2, 0.25) is 0 Å². The van der Waals surface area contributed by atoms with Crippen molar-refractivity contribution in [1.82, 2.24) is 29.9 Å². The van der Waals surface area contributed by atoms with Gasteiger partial charge in [-0.1, -0.05) is 91.0 Å². The minimum absolute atomic E-state index is 0. The molecule has 6 aromatic heterocycles. The van der Waals surface area contributed by atoms with Crippen LogP contribution in [0.15, 0.2) is 165 Å². The number of esters is 1. The zero-order valence-corrected chi connectivity index (χ0v) is 33.6. The second-order valence-electron chi connectivity index (χ2n) is 12.3. The van der Waals surface area contributed by atoms with E-state index in [4.69, 9.17) is 4.74 Å². The molecule has 0 fully saturated rings. The van der Waals surface area contributed by atoms with E-state index in [1.165, 1.54) is 7.11 Å². The molecule has 0 spiro atoms. The molecule has 0 amide bonds. The molecule has 0 saturated heterocycles. The number of methoxy groups -OCH3 is 1. The Morgan fingerprint density at radius 2 is 0.807 bits per heavy atom. The van der Waals surface area contributed by atoms with Gasteiger partial charge >= 0.3 is 5.97 Å². The van der Waals surface area contributed by atoms with E-state index < -0.39 is 0 Å². The molecule has 0 aliphatic heterocycles. The summed E-state index contributed by atoms with van der Waals surface area (Å²) < 4.78 is 4.72. The summed E-state index contributed by atoms with van der Waals surface area (Å²) in [6.07, 6.45) is 14.9. The van der Waals surface area contributed by atoms with Crippen molar-refractivity contribution in [2.75, 3.05) is 7.11 Å². The molecular weight excluding hydrogens is 841 g/mol. The molecule has 0 saturated carbocycles. The third-order valence-electron chi connectivity index (χ3n) is 8.99. The molecule has 10 aromatic rings. The second-order valence-corrected chi connectivity index (χ2v) is 12.3. The Hall–Kier alpha value is -6.25. The summed E-state index contributed by atoms with van der Waals surface area (Å²) in [5, 5.41) is 6.68. The summed E-state index contributed by atoms with van der Waals surface area (Å²) in [6.45, 7) is 0. The molecule has 0 radical (unpaired) electrons. The Bertz CT molecular complexity index is 2760. The average molecular weight is 873 g/mol. The number of rotatable bonds is 3. The fraction of sp³-hybridized carbons (Fsp3) is 0.0217. The van der Waals surface area contributed by atoms with Crippen molar-refractivity contribution in [3.8, 4) is 0 Å². The molecule has 282 valence electrons. The van der Waals surface area contributed by atoms with Crippen molar-refractivity contribution >= 4 is 83.5 Å². The van der Waals surface area contributed by atoms with Gasteiger partial charge in [-0.2, -0.15) is 0 Å². The molecule has 8 nitrogen and oxygen atoms in total. The van der Waals surface area contributed by atoms with Crippen molar-refractivity contribution < 1.29 is 53.8 Å². The van der Waals surface area contributed by atoms with Crippen molar-refractivity contribution in [3.63, 3.8) is 0 Å². The molecule has 57 heavy (non-hydrogen) atoms. The van der Waals surface area contributed by atoms with Crippen LogP contribution >= 0.6 is 0 Å². The minimum Gasteiger partial charge on any atom is -1.00 e. The van der Waals surface area contributed by atoms with Crippen LogP contribution in [-0.2, 0) is 24.2 Å². The van der Waals surface area contributed by atoms with Gasteiger partial charge in [0.2, 0.25) is 0 Å². The van der Waals surface area contributed by atoms with Crippen molar-refractivity contribution in [2.45, 2.75) is 0 Å². The van der Waals surface area contributed by atoms with Crippen LogP contribution in [0.25, 0.3) is 77.6 Å². The van der Waals surface area contributed by atoms with E-state index in [1.54, 1.807) is 49.3 Å². The maximum absolute atomic E-state index is 11.5. The number of fused-ring (bicyclic) bond motifs is 9. The van der Waals surface area contributed by atoms with E-state index in [0.29, 0.717) is 5.56 Å². The summed E-state index contributed by atoms with van der Waals surface area (Å²) in [7, 11) is 1.38. The van der Waals surface area contributed by atoms with Gasteiger partial charge in [-0.25, -0.2) is 4.79 Å². The van der Waals surface area contributed by atoms with Crippen molar-refractivity contribution in [2.24, 2.45) is 0 Å². The number of halogens is 2. The number of benzene rings is 4. The predicted octanol–water partition coefficient (Wildman–Crippen LogP) is 4.31. The van der Waals surface area contributed by atoms with E-state index in [1.807, 2.05) is 66.7 Å². The first-order chi connectivity index (χ1) is 26.7. The first-order valence-electron chi connectivity index (χ1n) is 17.3. The Balaban J connectivity index is 0.000000171. The Kier molecular flexibility index (Phi) is 14.4. The van der Waals surface area contributed by atoms with Crippen LogP contribution < -0.4 is 24.8 Å². The number of nitrogens with zero attached hydrogens (tertiary/aromatic N) is 6. The molecule has 0 aliphatic rings. The van der Waals surface area contributed by atoms with E-state index in [9.17, 15) is 4.79 Å². The van der Waals surface area contributed by atoms with Crippen LogP contribution in [0.1, 0.15) is 21.5 Å². The largest absolute Gasteiger partial charge is 1.00 e. The third-order valence-corrected chi connectivity index (χ3v) is 8.99. The quantitative estimate of drug-likeness (QED) is 0.147. The molecule has 0 aliphatic carbocycles. The molecular formula is C46H32Cl2N6O2Ru-2. The van der Waals surface area contributed by atoms with Crippen LogP contribution in [0.3, 0.4) is 0 Å². The van der Waals surface area contributed by atoms with E-state index in [0.717, 1.165) is 76.5 Å². The van der Waals surface area contributed by atoms with Crippen LogP contribution in [0.4, 0.5) is 0 Å². The zero-order chi connectivity index (χ0) is 36.7. The number of ether oxygens (including phenoxy) is 1. The fourth-order valence-corrected chi connectivity index (χ4v) is 6.31. The number of carbonyl (C=O) groups is 1. The average Bonchev–Trinajstić information content (AvgIpc) is 3.26. The Morgan fingerprint density at radius 1 is 0.439 bits per heavy atom. The van der Waals surface area contributed by atoms with Crippen molar-refractivity contribution in [1.29, 1.82) is 0 Å². The fourth-order valence-electron chi connectivity index (χ4n) is 6.31. The number of aromatic nitrogens is 6. The third kappa shape index (κ3) is 9.25. The minimum atomic E-state index is -0.333. The number of pyridine rings is 6. The van der Waals surface area contributed by atoms with Gasteiger partial charge in [-0.05, 0) is 59.7 Å². The standard InChI is InChI=1S/C22H16N2O2.2C12H8N2.2ClH.Ru/c1-26-22(25)18-8-5-15(6-9-18)4-7-16-12-14-24-21-19(16)11-10-17-3-2-13-23-20(17)21;2*1-3-9-5-6-10-4-2-8-14-12(10)11(9)13-7-1;;;/h2-14H,1H3;2*1-8H;2*1H;/p-2/b7-4+;;;;;. The summed E-state index contributed by atoms with van der Waals surface area (Å²) in [4.78, 5) is 37.9. The number of carbonyl (C=O) groups excluding carboxylic acids is 1. The first-order valence-corrected chi connectivity index (χ1v) is 17.3. The molecule has 6 heterocycles. The van der Waals surface area contributed by atoms with Crippen LogP contribution in [0, 0.1) is 0 Å². The van der Waals surface area contributed by atoms with Crippen molar-refractivity contribution in [3.05, 3.63) is 181 Å². The first kappa shape index (κ1) is 41.9. The van der Waals surface area contributed by atoms with Gasteiger partial charge in [0.15, 0.2) is 0 Å². The topological polar surface area (TPSA) is 104 Å². The van der Waals surface area contributed by atoms with Gasteiger partial charge in [-0.15, -0.1) is 0 Å². The molecule has 10 rings (SSSR count). The van der Waals surface area contributed by atoms with Gasteiger partial charge in [0, 0.05) is 89.0 Å². The maximum Gasteiger partial charge on any atom is 0.337 e. The second kappa shape index (κ2) is 19.6. The molecule has 0 N–H and O–H groups in total. The SMILES string of the molecule is COC(=O)c1ccc(/C=C/c2ccnc3c2ccc2cccnc23)cc1.[Cl-].[Cl-].[Ru].c1cnc2c(c1)ccc1cccnc12.c1cnc2c(c1)ccc1cccnc12. The van der Waals surface area contributed by atoms with Gasteiger partial charge in [0.25, 0.3) is 0 Å². The summed E-state index contributed by atoms with van der Waals surface area (Å²) in [6, 6.07) is 41.7. The summed E-state index contributed by atoms with van der Waals surface area (Å²) in [5.41, 5.74) is 8.32. The molecule has 0 unspecified atom stereocenters. The Morgan fingerprint density at radius 3 is 1.21 bits per heavy atom. The molecule has 4 aromatic carbocycles. The van der Waals surface area contributed by atoms with Gasteiger partial charge < -0.3 is 29.6 Å². The number of hydrogen-bond acceptors (Lipinski definition) is 8. The monoisotopic (exact) mass is 872 g/mol.